The summed E-state index contributed by atoms with van der Waals surface area (Å²) in [6.07, 6.45) is 1.71. The second-order valence-electron chi connectivity index (χ2n) is 3.88. The number of anilines is 1. The topological polar surface area (TPSA) is 46.9 Å². The summed E-state index contributed by atoms with van der Waals surface area (Å²) in [5.41, 5.74) is 1.75. The Balaban J connectivity index is 2.22. The zero-order valence-corrected chi connectivity index (χ0v) is 11.5. The van der Waals surface area contributed by atoms with Crippen LogP contribution in [0.1, 0.15) is 16.1 Å². The lowest BCUT2D eigenvalue weighted by Gasteiger charge is -2.04. The Morgan fingerprint density at radius 3 is 2.78 bits per heavy atom. The highest BCUT2D eigenvalue weighted by molar-refractivity contribution is 9.10. The van der Waals surface area contributed by atoms with Gasteiger partial charge < -0.3 is 5.32 Å². The molecule has 4 nitrogen and oxygen atoms in total. The average molecular weight is 312 g/mol. The molecule has 94 valence electrons. The number of carbonyl (C=O) groups excluding carboxylic acids is 1. The Morgan fingerprint density at radius 2 is 2.22 bits per heavy atom. The van der Waals surface area contributed by atoms with Gasteiger partial charge in [-0.1, -0.05) is 0 Å². The van der Waals surface area contributed by atoms with Crippen molar-refractivity contribution in [2.45, 2.75) is 6.92 Å². The van der Waals surface area contributed by atoms with Crippen molar-refractivity contribution in [1.82, 2.24) is 9.78 Å². The van der Waals surface area contributed by atoms with Gasteiger partial charge in [0, 0.05) is 18.8 Å². The van der Waals surface area contributed by atoms with E-state index in [1.54, 1.807) is 24.9 Å². The average Bonchev–Trinajstić information content (AvgIpc) is 2.61. The number of halogens is 2. The number of hydrogen-bond acceptors (Lipinski definition) is 2. The number of carbonyl (C=O) groups is 1. The summed E-state index contributed by atoms with van der Waals surface area (Å²) in [5.74, 6) is -0.698. The van der Waals surface area contributed by atoms with Crippen LogP contribution in [-0.4, -0.2) is 15.7 Å². The third kappa shape index (κ3) is 2.59. The maximum atomic E-state index is 13.1. The zero-order valence-electron chi connectivity index (χ0n) is 9.87. The van der Waals surface area contributed by atoms with E-state index in [9.17, 15) is 9.18 Å². The van der Waals surface area contributed by atoms with E-state index in [0.717, 1.165) is 5.69 Å². The molecular formula is C12H11BrFN3O. The molecule has 1 aromatic carbocycles. The Labute approximate surface area is 112 Å². The van der Waals surface area contributed by atoms with E-state index >= 15 is 0 Å². The largest absolute Gasteiger partial charge is 0.319 e. The molecule has 1 heterocycles. The van der Waals surface area contributed by atoms with Gasteiger partial charge >= 0.3 is 0 Å². The van der Waals surface area contributed by atoms with Gasteiger partial charge in [0.15, 0.2) is 0 Å². The fourth-order valence-corrected chi connectivity index (χ4v) is 1.93. The molecule has 0 atom stereocenters. The number of nitrogens with zero attached hydrogens (tertiary/aromatic N) is 2. The molecule has 0 aliphatic rings. The van der Waals surface area contributed by atoms with Crippen molar-refractivity contribution in [2.24, 2.45) is 7.05 Å². The number of benzene rings is 1. The summed E-state index contributed by atoms with van der Waals surface area (Å²) in [7, 11) is 1.77. The van der Waals surface area contributed by atoms with Gasteiger partial charge in [0.25, 0.3) is 5.91 Å². The van der Waals surface area contributed by atoms with Gasteiger partial charge in [0.2, 0.25) is 0 Å². The fraction of sp³-hybridized carbons (Fsp3) is 0.167. The molecule has 2 aromatic rings. The van der Waals surface area contributed by atoms with Crippen molar-refractivity contribution in [3.8, 4) is 0 Å². The fourth-order valence-electron chi connectivity index (χ4n) is 1.55. The number of amides is 1. The molecule has 0 aliphatic heterocycles. The molecule has 0 fully saturated rings. The van der Waals surface area contributed by atoms with Crippen LogP contribution in [0.4, 0.5) is 10.1 Å². The van der Waals surface area contributed by atoms with Crippen molar-refractivity contribution < 1.29 is 9.18 Å². The zero-order chi connectivity index (χ0) is 13.3. The van der Waals surface area contributed by atoms with Crippen LogP contribution in [0.3, 0.4) is 0 Å². The lowest BCUT2D eigenvalue weighted by atomic mass is 10.2. The molecule has 0 aliphatic carbocycles. The van der Waals surface area contributed by atoms with Gasteiger partial charge in [0.1, 0.15) is 5.82 Å². The van der Waals surface area contributed by atoms with E-state index in [-0.39, 0.29) is 10.4 Å². The normalized spacial score (nSPS) is 10.4. The van der Waals surface area contributed by atoms with Gasteiger partial charge in [-0.25, -0.2) is 4.39 Å². The number of aromatic nitrogens is 2. The highest BCUT2D eigenvalue weighted by Gasteiger charge is 2.11. The summed E-state index contributed by atoms with van der Waals surface area (Å²) in [5, 5.41) is 6.85. The summed E-state index contributed by atoms with van der Waals surface area (Å²) >= 11 is 3.05. The van der Waals surface area contributed by atoms with Gasteiger partial charge in [-0.3, -0.25) is 9.48 Å². The lowest BCUT2D eigenvalue weighted by molar-refractivity contribution is 0.102. The molecule has 0 unspecified atom stereocenters. The first-order valence-electron chi connectivity index (χ1n) is 5.24. The summed E-state index contributed by atoms with van der Waals surface area (Å²) in [6, 6.07) is 4.12. The van der Waals surface area contributed by atoms with Gasteiger partial charge in [-0.2, -0.15) is 5.10 Å². The highest BCUT2D eigenvalue weighted by atomic mass is 79.9. The highest BCUT2D eigenvalue weighted by Crippen LogP contribution is 2.18. The predicted octanol–water partition coefficient (Wildman–Crippen LogP) is 2.88. The first-order chi connectivity index (χ1) is 8.47. The minimum Gasteiger partial charge on any atom is -0.319 e. The molecule has 1 N–H and O–H groups in total. The molecule has 0 saturated carbocycles. The molecule has 18 heavy (non-hydrogen) atoms. The van der Waals surface area contributed by atoms with Crippen LogP contribution in [0.25, 0.3) is 0 Å². The van der Waals surface area contributed by atoms with Crippen molar-refractivity contribution in [1.29, 1.82) is 0 Å². The minimum absolute atomic E-state index is 0.262. The SMILES string of the molecule is Cc1nn(C)cc1NC(=O)c1ccc(F)c(Br)c1. The Bertz CT molecular complexity index is 609. The molecular weight excluding hydrogens is 301 g/mol. The minimum atomic E-state index is -0.399. The maximum absolute atomic E-state index is 13.1. The number of aryl methyl sites for hydroxylation is 2. The molecule has 0 spiro atoms. The molecule has 0 saturated heterocycles. The molecule has 0 bridgehead atoms. The van der Waals surface area contributed by atoms with Crippen molar-refractivity contribution in [3.63, 3.8) is 0 Å². The van der Waals surface area contributed by atoms with E-state index in [2.05, 4.69) is 26.3 Å². The summed E-state index contributed by atoms with van der Waals surface area (Å²) in [6.45, 7) is 1.80. The van der Waals surface area contributed by atoms with Gasteiger partial charge in [-0.15, -0.1) is 0 Å². The Morgan fingerprint density at radius 1 is 1.50 bits per heavy atom. The molecule has 1 aromatic heterocycles. The van der Waals surface area contributed by atoms with Crippen LogP contribution in [0.2, 0.25) is 0 Å². The van der Waals surface area contributed by atoms with Crippen LogP contribution in [-0.2, 0) is 7.05 Å². The molecule has 2 rings (SSSR count). The van der Waals surface area contributed by atoms with Crippen LogP contribution in [0.5, 0.6) is 0 Å². The smallest absolute Gasteiger partial charge is 0.255 e. The first kappa shape index (κ1) is 12.8. The number of hydrogen-bond donors (Lipinski definition) is 1. The van der Waals surface area contributed by atoms with Crippen molar-refractivity contribution in [2.75, 3.05) is 5.32 Å². The molecule has 1 amide bonds. The first-order valence-corrected chi connectivity index (χ1v) is 6.03. The third-order valence-electron chi connectivity index (χ3n) is 2.44. The predicted molar refractivity (Wildman–Crippen MR) is 70.0 cm³/mol. The summed E-state index contributed by atoms with van der Waals surface area (Å²) in [4.78, 5) is 11.9. The Hall–Kier alpha value is -1.69. The number of nitrogens with one attached hydrogen (secondary N) is 1. The standard InChI is InChI=1S/C12H11BrFN3O/c1-7-11(6-17(2)16-7)15-12(18)8-3-4-10(14)9(13)5-8/h3-6H,1-2H3,(H,15,18). The molecule has 6 heteroatoms. The van der Waals surface area contributed by atoms with Crippen LogP contribution >= 0.6 is 15.9 Å². The van der Waals surface area contributed by atoms with E-state index in [1.807, 2.05) is 0 Å². The van der Waals surface area contributed by atoms with E-state index < -0.39 is 5.82 Å². The third-order valence-corrected chi connectivity index (χ3v) is 3.05. The van der Waals surface area contributed by atoms with E-state index in [1.165, 1.54) is 18.2 Å². The van der Waals surface area contributed by atoms with Crippen LogP contribution in [0.15, 0.2) is 28.9 Å². The van der Waals surface area contributed by atoms with Crippen LogP contribution < -0.4 is 5.32 Å². The Kier molecular flexibility index (Phi) is 3.47. The second kappa shape index (κ2) is 4.89. The summed E-state index contributed by atoms with van der Waals surface area (Å²) < 4.78 is 14.9. The van der Waals surface area contributed by atoms with Crippen LogP contribution in [0, 0.1) is 12.7 Å². The van der Waals surface area contributed by atoms with Gasteiger partial charge in [-0.05, 0) is 41.1 Å². The quantitative estimate of drug-likeness (QED) is 0.927. The lowest BCUT2D eigenvalue weighted by Crippen LogP contribution is -2.12. The number of rotatable bonds is 2. The molecule has 0 radical (unpaired) electrons. The second-order valence-corrected chi connectivity index (χ2v) is 4.74. The van der Waals surface area contributed by atoms with Crippen molar-refractivity contribution >= 4 is 27.5 Å². The van der Waals surface area contributed by atoms with E-state index in [0.29, 0.717) is 11.3 Å². The maximum Gasteiger partial charge on any atom is 0.255 e. The van der Waals surface area contributed by atoms with E-state index in [4.69, 9.17) is 0 Å². The van der Waals surface area contributed by atoms with Crippen molar-refractivity contribution in [3.05, 3.63) is 45.9 Å². The monoisotopic (exact) mass is 311 g/mol. The van der Waals surface area contributed by atoms with Gasteiger partial charge in [0.05, 0.1) is 15.9 Å².